The van der Waals surface area contributed by atoms with Gasteiger partial charge in [-0.05, 0) is 44.2 Å². The Bertz CT molecular complexity index is 902. The zero-order valence-electron chi connectivity index (χ0n) is 14.2. The molecule has 0 radical (unpaired) electrons. The van der Waals surface area contributed by atoms with Crippen molar-refractivity contribution in [1.29, 1.82) is 0 Å². The van der Waals surface area contributed by atoms with E-state index < -0.39 is 39.6 Å². The normalized spacial score (nSPS) is 13.9. The van der Waals surface area contributed by atoms with Gasteiger partial charge >= 0.3 is 0 Å². The van der Waals surface area contributed by atoms with Gasteiger partial charge in [-0.15, -0.1) is 0 Å². The number of sulfonamides is 1. The average molecular weight is 383 g/mol. The Labute approximate surface area is 150 Å². The number of benzene rings is 2. The molecule has 0 saturated carbocycles. The van der Waals surface area contributed by atoms with Crippen LogP contribution in [-0.4, -0.2) is 20.4 Å². The van der Waals surface area contributed by atoms with Crippen molar-refractivity contribution < 1.29 is 22.0 Å². The van der Waals surface area contributed by atoms with Gasteiger partial charge in [0.05, 0.1) is 10.9 Å². The lowest BCUT2D eigenvalue weighted by Crippen LogP contribution is -2.39. The molecule has 0 aliphatic heterocycles. The Morgan fingerprint density at radius 2 is 1.69 bits per heavy atom. The summed E-state index contributed by atoms with van der Waals surface area (Å²) >= 11 is 0. The van der Waals surface area contributed by atoms with E-state index in [0.29, 0.717) is 5.69 Å². The molecule has 1 amide bonds. The highest BCUT2D eigenvalue weighted by molar-refractivity contribution is 7.89. The van der Waals surface area contributed by atoms with Crippen LogP contribution in [0.1, 0.15) is 25.5 Å². The Morgan fingerprint density at radius 1 is 1.08 bits per heavy atom. The number of hydrogen-bond acceptors (Lipinski definition) is 4. The smallest absolute Gasteiger partial charge is 0.241 e. The molecule has 2 unspecified atom stereocenters. The number of carbonyl (C=O) groups is 1. The van der Waals surface area contributed by atoms with Gasteiger partial charge < -0.3 is 5.32 Å². The third kappa shape index (κ3) is 5.07. The minimum atomic E-state index is -3.81. The molecule has 9 heteroatoms. The first-order valence-corrected chi connectivity index (χ1v) is 9.27. The molecule has 26 heavy (non-hydrogen) atoms. The quantitative estimate of drug-likeness (QED) is 0.712. The molecule has 140 valence electrons. The summed E-state index contributed by atoms with van der Waals surface area (Å²) in [6.07, 6.45) is 0. The maximum atomic E-state index is 13.8. The maximum Gasteiger partial charge on any atom is 0.241 e. The Morgan fingerprint density at radius 3 is 2.23 bits per heavy atom. The first-order chi connectivity index (χ1) is 12.1. The van der Waals surface area contributed by atoms with Crippen LogP contribution >= 0.6 is 0 Å². The minimum Gasteiger partial charge on any atom is -0.325 e. The summed E-state index contributed by atoms with van der Waals surface area (Å²) in [6, 6.07) is 7.41. The van der Waals surface area contributed by atoms with Gasteiger partial charge in [0, 0.05) is 23.4 Å². The van der Waals surface area contributed by atoms with Gasteiger partial charge in [-0.1, -0.05) is 6.07 Å². The van der Waals surface area contributed by atoms with Crippen LogP contribution in [0.5, 0.6) is 0 Å². The van der Waals surface area contributed by atoms with Gasteiger partial charge in [0.2, 0.25) is 15.9 Å². The van der Waals surface area contributed by atoms with Crippen LogP contribution in [0.4, 0.5) is 14.5 Å². The van der Waals surface area contributed by atoms with Crippen molar-refractivity contribution in [2.75, 3.05) is 5.32 Å². The zero-order valence-corrected chi connectivity index (χ0v) is 15.0. The first kappa shape index (κ1) is 20.0. The fourth-order valence-electron chi connectivity index (χ4n) is 2.37. The minimum absolute atomic E-state index is 0.0675. The largest absolute Gasteiger partial charge is 0.325 e. The number of nitrogens with two attached hydrogens (primary N) is 1. The number of hydrogen-bond donors (Lipinski definition) is 3. The predicted octanol–water partition coefficient (Wildman–Crippen LogP) is 2.29. The average Bonchev–Trinajstić information content (AvgIpc) is 2.54. The summed E-state index contributed by atoms with van der Waals surface area (Å²) in [7, 11) is -3.81. The summed E-state index contributed by atoms with van der Waals surface area (Å²) < 4.78 is 49.2. The lowest BCUT2D eigenvalue weighted by molar-refractivity contribution is -0.117. The van der Waals surface area contributed by atoms with Crippen molar-refractivity contribution in [2.45, 2.75) is 30.8 Å². The summed E-state index contributed by atoms with van der Waals surface area (Å²) in [5, 5.41) is 10.5. The second kappa shape index (κ2) is 7.90. The van der Waals surface area contributed by atoms with Crippen LogP contribution in [0.3, 0.4) is 0 Å². The lowest BCUT2D eigenvalue weighted by atomic mass is 10.1. The van der Waals surface area contributed by atoms with Crippen molar-refractivity contribution in [2.24, 2.45) is 5.14 Å². The van der Waals surface area contributed by atoms with Gasteiger partial charge in [0.25, 0.3) is 0 Å². The number of halogens is 2. The maximum absolute atomic E-state index is 13.8. The molecule has 2 aromatic carbocycles. The standard InChI is InChI=1S/C17H19F2N3O3S/c1-10(15-8-3-12(18)9-16(15)19)21-11(2)17(23)22-13-4-6-14(7-5-13)26(20,24)25/h3-11,21H,1-2H3,(H,22,23)(H2,20,24,25). The highest BCUT2D eigenvalue weighted by Crippen LogP contribution is 2.19. The monoisotopic (exact) mass is 383 g/mol. The molecule has 0 heterocycles. The molecule has 6 nitrogen and oxygen atoms in total. The van der Waals surface area contributed by atoms with Crippen molar-refractivity contribution in [3.05, 3.63) is 59.7 Å². The molecule has 2 aromatic rings. The number of primary sulfonamides is 1. The van der Waals surface area contributed by atoms with Gasteiger partial charge in [-0.2, -0.15) is 0 Å². The van der Waals surface area contributed by atoms with E-state index in [1.54, 1.807) is 13.8 Å². The molecular formula is C17H19F2N3O3S. The number of anilines is 1. The molecule has 0 saturated heterocycles. The number of nitrogens with one attached hydrogen (secondary N) is 2. The second-order valence-corrected chi connectivity index (χ2v) is 7.40. The van der Waals surface area contributed by atoms with Gasteiger partial charge in [-0.3, -0.25) is 10.1 Å². The van der Waals surface area contributed by atoms with Crippen molar-refractivity contribution >= 4 is 21.6 Å². The molecule has 0 spiro atoms. The highest BCUT2D eigenvalue weighted by atomic mass is 32.2. The third-order valence-electron chi connectivity index (χ3n) is 3.77. The number of carbonyl (C=O) groups excluding carboxylic acids is 1. The molecule has 4 N–H and O–H groups in total. The molecular weight excluding hydrogens is 364 g/mol. The summed E-state index contributed by atoms with van der Waals surface area (Å²) in [4.78, 5) is 12.2. The Balaban J connectivity index is 2.01. The molecule has 0 aliphatic carbocycles. The van der Waals surface area contributed by atoms with Crippen LogP contribution in [0.15, 0.2) is 47.4 Å². The van der Waals surface area contributed by atoms with E-state index >= 15 is 0 Å². The second-order valence-electron chi connectivity index (χ2n) is 5.83. The van der Waals surface area contributed by atoms with E-state index in [9.17, 15) is 22.0 Å². The highest BCUT2D eigenvalue weighted by Gasteiger charge is 2.19. The van der Waals surface area contributed by atoms with Crippen LogP contribution < -0.4 is 15.8 Å². The van der Waals surface area contributed by atoms with E-state index in [4.69, 9.17) is 5.14 Å². The summed E-state index contributed by atoms with van der Waals surface area (Å²) in [5.74, 6) is -1.77. The van der Waals surface area contributed by atoms with E-state index in [-0.39, 0.29) is 10.5 Å². The summed E-state index contributed by atoms with van der Waals surface area (Å²) in [5.41, 5.74) is 0.625. The fraction of sp³-hybridized carbons (Fsp3) is 0.235. The van der Waals surface area contributed by atoms with Crippen LogP contribution in [-0.2, 0) is 14.8 Å². The van der Waals surface area contributed by atoms with Gasteiger partial charge in [0.1, 0.15) is 11.6 Å². The Kier molecular flexibility index (Phi) is 6.06. The van der Waals surface area contributed by atoms with Crippen LogP contribution in [0, 0.1) is 11.6 Å². The fourth-order valence-corrected chi connectivity index (χ4v) is 2.89. The predicted molar refractivity (Wildman–Crippen MR) is 93.8 cm³/mol. The van der Waals surface area contributed by atoms with E-state index in [1.165, 1.54) is 30.3 Å². The third-order valence-corrected chi connectivity index (χ3v) is 4.70. The van der Waals surface area contributed by atoms with Crippen molar-refractivity contribution in [3.8, 4) is 0 Å². The molecule has 0 aromatic heterocycles. The first-order valence-electron chi connectivity index (χ1n) is 7.72. The molecule has 0 fully saturated rings. The number of amides is 1. The van der Waals surface area contributed by atoms with Crippen LogP contribution in [0.2, 0.25) is 0 Å². The van der Waals surface area contributed by atoms with Crippen molar-refractivity contribution in [1.82, 2.24) is 5.32 Å². The SMILES string of the molecule is CC(NC(C)c1ccc(F)cc1F)C(=O)Nc1ccc(S(N)(=O)=O)cc1. The van der Waals surface area contributed by atoms with Gasteiger partial charge in [-0.25, -0.2) is 22.3 Å². The summed E-state index contributed by atoms with van der Waals surface area (Å²) in [6.45, 7) is 3.24. The topological polar surface area (TPSA) is 101 Å². The van der Waals surface area contributed by atoms with E-state index in [2.05, 4.69) is 10.6 Å². The number of rotatable bonds is 6. The van der Waals surface area contributed by atoms with Crippen LogP contribution in [0.25, 0.3) is 0 Å². The molecule has 0 bridgehead atoms. The van der Waals surface area contributed by atoms with Gasteiger partial charge in [0.15, 0.2) is 0 Å². The molecule has 2 rings (SSSR count). The molecule has 2 atom stereocenters. The van der Waals surface area contributed by atoms with E-state index in [0.717, 1.165) is 12.1 Å². The Hall–Kier alpha value is -2.36. The molecule has 0 aliphatic rings. The zero-order chi connectivity index (χ0) is 19.5. The van der Waals surface area contributed by atoms with E-state index in [1.807, 2.05) is 0 Å². The van der Waals surface area contributed by atoms with Crippen molar-refractivity contribution in [3.63, 3.8) is 0 Å². The lowest BCUT2D eigenvalue weighted by Gasteiger charge is -2.20.